The maximum atomic E-state index is 11.7. The Morgan fingerprint density at radius 3 is 3.00 bits per heavy atom. The summed E-state index contributed by atoms with van der Waals surface area (Å²) < 4.78 is 0. The summed E-state index contributed by atoms with van der Waals surface area (Å²) in [7, 11) is 0. The van der Waals surface area contributed by atoms with Crippen LogP contribution in [0, 0.1) is 12.3 Å². The number of thiazole rings is 1. The molecule has 1 aliphatic rings. The lowest BCUT2D eigenvalue weighted by molar-refractivity contribution is -0.131. The van der Waals surface area contributed by atoms with Gasteiger partial charge in [0, 0.05) is 18.0 Å². The third-order valence-electron chi connectivity index (χ3n) is 4.07. The van der Waals surface area contributed by atoms with Crippen molar-refractivity contribution >= 4 is 17.2 Å². The number of aromatic nitrogens is 1. The Labute approximate surface area is 112 Å². The molecule has 18 heavy (non-hydrogen) atoms. The molecule has 2 rings (SSSR count). The van der Waals surface area contributed by atoms with Crippen LogP contribution < -0.4 is 5.73 Å². The Bertz CT molecular complexity index is 432. The van der Waals surface area contributed by atoms with Crippen LogP contribution in [0.5, 0.6) is 0 Å². The van der Waals surface area contributed by atoms with Crippen molar-refractivity contribution in [2.45, 2.75) is 39.7 Å². The van der Waals surface area contributed by atoms with Crippen LogP contribution in [0.2, 0.25) is 0 Å². The number of hydrogen-bond donors (Lipinski definition) is 1. The molecule has 2 N–H and O–H groups in total. The van der Waals surface area contributed by atoms with Crippen molar-refractivity contribution in [3.63, 3.8) is 0 Å². The van der Waals surface area contributed by atoms with Gasteiger partial charge in [-0.3, -0.25) is 9.69 Å². The van der Waals surface area contributed by atoms with Crippen LogP contribution in [-0.2, 0) is 11.3 Å². The van der Waals surface area contributed by atoms with E-state index in [1.54, 1.807) is 11.3 Å². The van der Waals surface area contributed by atoms with E-state index in [0.29, 0.717) is 0 Å². The Morgan fingerprint density at radius 2 is 2.44 bits per heavy atom. The van der Waals surface area contributed by atoms with E-state index in [-0.39, 0.29) is 11.3 Å². The minimum Gasteiger partial charge on any atom is -0.369 e. The molecule has 1 fully saturated rings. The smallest absolute Gasteiger partial charge is 0.224 e. The van der Waals surface area contributed by atoms with E-state index >= 15 is 0 Å². The first-order valence-corrected chi connectivity index (χ1v) is 7.36. The number of hydrogen-bond acceptors (Lipinski definition) is 4. The molecular formula is C13H21N3OS. The molecule has 1 unspecified atom stereocenters. The number of nitrogens with zero attached hydrogens (tertiary/aromatic N) is 2. The monoisotopic (exact) mass is 267 g/mol. The minimum atomic E-state index is -0.323. The highest BCUT2D eigenvalue weighted by Crippen LogP contribution is 2.34. The summed E-state index contributed by atoms with van der Waals surface area (Å²) >= 11 is 1.69. The molecule has 1 saturated heterocycles. The maximum absolute atomic E-state index is 11.7. The van der Waals surface area contributed by atoms with Gasteiger partial charge in [-0.1, -0.05) is 6.92 Å². The average molecular weight is 267 g/mol. The fourth-order valence-corrected chi connectivity index (χ4v) is 3.53. The second-order valence-electron chi connectivity index (χ2n) is 5.17. The number of likely N-dealkylation sites (tertiary alicyclic amines) is 1. The number of aryl methyl sites for hydroxylation is 1. The number of nitrogens with two attached hydrogens (primary N) is 1. The van der Waals surface area contributed by atoms with Crippen LogP contribution in [0.3, 0.4) is 0 Å². The van der Waals surface area contributed by atoms with Gasteiger partial charge >= 0.3 is 0 Å². The zero-order chi connectivity index (χ0) is 13.2. The standard InChI is InChI=1S/C13H21N3OS/c1-3-13(12(14)17)5-4-6-16(8-13)7-11-10(2)15-9-18-11/h9H,3-8H2,1-2H3,(H2,14,17). The zero-order valence-electron chi connectivity index (χ0n) is 11.1. The van der Waals surface area contributed by atoms with Crippen molar-refractivity contribution < 1.29 is 4.79 Å². The topological polar surface area (TPSA) is 59.2 Å². The number of piperidine rings is 1. The molecule has 1 atom stereocenters. The lowest BCUT2D eigenvalue weighted by atomic mass is 9.77. The molecule has 5 heteroatoms. The average Bonchev–Trinajstić information content (AvgIpc) is 2.75. The molecule has 0 aromatic carbocycles. The molecule has 4 nitrogen and oxygen atoms in total. The van der Waals surface area contributed by atoms with Crippen molar-refractivity contribution in [2.24, 2.45) is 11.1 Å². The molecule has 0 spiro atoms. The summed E-state index contributed by atoms with van der Waals surface area (Å²) in [5.41, 5.74) is 8.27. The van der Waals surface area contributed by atoms with Crippen molar-refractivity contribution in [3.8, 4) is 0 Å². The summed E-state index contributed by atoms with van der Waals surface area (Å²) in [5, 5.41) is 0. The van der Waals surface area contributed by atoms with E-state index in [4.69, 9.17) is 5.73 Å². The van der Waals surface area contributed by atoms with E-state index < -0.39 is 0 Å². The van der Waals surface area contributed by atoms with Crippen molar-refractivity contribution in [1.29, 1.82) is 0 Å². The van der Waals surface area contributed by atoms with Gasteiger partial charge in [-0.05, 0) is 32.7 Å². The second-order valence-corrected chi connectivity index (χ2v) is 6.11. The van der Waals surface area contributed by atoms with Gasteiger partial charge < -0.3 is 5.73 Å². The number of primary amides is 1. The van der Waals surface area contributed by atoms with Crippen LogP contribution in [0.4, 0.5) is 0 Å². The van der Waals surface area contributed by atoms with Gasteiger partial charge in [0.25, 0.3) is 0 Å². The molecule has 1 aromatic rings. The van der Waals surface area contributed by atoms with Gasteiger partial charge in [-0.25, -0.2) is 4.98 Å². The van der Waals surface area contributed by atoms with Gasteiger partial charge in [-0.2, -0.15) is 0 Å². The first-order chi connectivity index (χ1) is 8.57. The van der Waals surface area contributed by atoms with Crippen molar-refractivity contribution in [2.75, 3.05) is 13.1 Å². The molecule has 100 valence electrons. The predicted molar refractivity (Wildman–Crippen MR) is 73.3 cm³/mol. The summed E-state index contributed by atoms with van der Waals surface area (Å²) in [6, 6.07) is 0. The SMILES string of the molecule is CCC1(C(N)=O)CCCN(Cc2scnc2C)C1. The highest BCUT2D eigenvalue weighted by Gasteiger charge is 2.39. The highest BCUT2D eigenvalue weighted by molar-refractivity contribution is 7.09. The molecule has 0 radical (unpaired) electrons. The Kier molecular flexibility index (Phi) is 4.02. The molecule has 2 heterocycles. The summed E-state index contributed by atoms with van der Waals surface area (Å²) in [6.07, 6.45) is 2.81. The van der Waals surface area contributed by atoms with Gasteiger partial charge in [0.1, 0.15) is 0 Å². The van der Waals surface area contributed by atoms with Crippen LogP contribution in [0.15, 0.2) is 5.51 Å². The molecule has 1 aliphatic heterocycles. The largest absolute Gasteiger partial charge is 0.369 e. The highest BCUT2D eigenvalue weighted by atomic mass is 32.1. The zero-order valence-corrected chi connectivity index (χ0v) is 11.9. The summed E-state index contributed by atoms with van der Waals surface area (Å²) in [6.45, 7) is 6.83. The predicted octanol–water partition coefficient (Wildman–Crippen LogP) is 1.93. The number of carbonyl (C=O) groups excluding carboxylic acids is 1. The molecular weight excluding hydrogens is 246 g/mol. The number of amides is 1. The van der Waals surface area contributed by atoms with E-state index in [9.17, 15) is 4.79 Å². The third kappa shape index (κ3) is 2.57. The Balaban J connectivity index is 2.07. The van der Waals surface area contributed by atoms with Crippen molar-refractivity contribution in [1.82, 2.24) is 9.88 Å². The Morgan fingerprint density at radius 1 is 1.67 bits per heavy atom. The summed E-state index contributed by atoms with van der Waals surface area (Å²) in [5.74, 6) is -0.143. The van der Waals surface area contributed by atoms with Crippen LogP contribution in [0.1, 0.15) is 36.8 Å². The van der Waals surface area contributed by atoms with E-state index in [1.165, 1.54) is 4.88 Å². The van der Waals surface area contributed by atoms with Gasteiger partial charge in [-0.15, -0.1) is 11.3 Å². The number of carbonyl (C=O) groups is 1. The van der Waals surface area contributed by atoms with Crippen molar-refractivity contribution in [3.05, 3.63) is 16.1 Å². The summed E-state index contributed by atoms with van der Waals surface area (Å²) in [4.78, 5) is 19.6. The van der Waals surface area contributed by atoms with E-state index in [1.807, 2.05) is 12.4 Å². The quantitative estimate of drug-likeness (QED) is 0.907. The van der Waals surface area contributed by atoms with Crippen LogP contribution in [0.25, 0.3) is 0 Å². The van der Waals surface area contributed by atoms with Gasteiger partial charge in [0.2, 0.25) is 5.91 Å². The first kappa shape index (κ1) is 13.5. The maximum Gasteiger partial charge on any atom is 0.224 e. The minimum absolute atomic E-state index is 0.143. The number of rotatable bonds is 4. The van der Waals surface area contributed by atoms with Crippen LogP contribution in [-0.4, -0.2) is 28.9 Å². The van der Waals surface area contributed by atoms with Gasteiger partial charge in [0.05, 0.1) is 16.6 Å². The second kappa shape index (κ2) is 5.36. The lowest BCUT2D eigenvalue weighted by Crippen LogP contribution is -2.49. The van der Waals surface area contributed by atoms with Crippen LogP contribution >= 0.6 is 11.3 Å². The fourth-order valence-electron chi connectivity index (χ4n) is 2.71. The Hall–Kier alpha value is -0.940. The third-order valence-corrected chi connectivity index (χ3v) is 4.99. The lowest BCUT2D eigenvalue weighted by Gasteiger charge is -2.40. The molecule has 0 aliphatic carbocycles. The van der Waals surface area contributed by atoms with E-state index in [2.05, 4.69) is 16.8 Å². The van der Waals surface area contributed by atoms with Gasteiger partial charge in [0.15, 0.2) is 0 Å². The fraction of sp³-hybridized carbons (Fsp3) is 0.692. The molecule has 0 saturated carbocycles. The first-order valence-electron chi connectivity index (χ1n) is 6.48. The normalized spacial score (nSPS) is 25.2. The molecule has 0 bridgehead atoms. The van der Waals surface area contributed by atoms with E-state index in [0.717, 1.165) is 44.6 Å². The molecule has 1 amide bonds. The molecule has 1 aromatic heterocycles.